The number of H-pyrrole nitrogens is 1. The minimum Gasteiger partial charge on any atom is -0.351 e. The molecule has 2 heterocycles. The topological polar surface area (TPSA) is 74.8 Å². The molecule has 2 N–H and O–H groups in total. The number of aromatic nitrogens is 2. The molecule has 0 saturated heterocycles. The van der Waals surface area contributed by atoms with Gasteiger partial charge in [-0.2, -0.15) is 0 Å². The molecule has 3 aromatic rings. The fourth-order valence-corrected chi connectivity index (χ4v) is 4.51. The van der Waals surface area contributed by atoms with Gasteiger partial charge in [-0.25, -0.2) is 4.98 Å². The maximum Gasteiger partial charge on any atom is 0.259 e. The Balaban J connectivity index is 1.59. The zero-order valence-electron chi connectivity index (χ0n) is 15.9. The number of nitrogens with one attached hydrogen (secondary N) is 2. The molecule has 1 atom stereocenters. The summed E-state index contributed by atoms with van der Waals surface area (Å²) in [5, 5.41) is 3.40. The van der Waals surface area contributed by atoms with Crippen molar-refractivity contribution < 1.29 is 4.79 Å². The Labute approximate surface area is 166 Å². The molecule has 0 aliphatic rings. The van der Waals surface area contributed by atoms with Crippen molar-refractivity contribution in [2.45, 2.75) is 45.2 Å². The summed E-state index contributed by atoms with van der Waals surface area (Å²) in [6.45, 7) is 8.36. The van der Waals surface area contributed by atoms with Crippen LogP contribution in [0.4, 0.5) is 0 Å². The second kappa shape index (κ2) is 8.27. The Morgan fingerprint density at radius 1 is 1.26 bits per heavy atom. The number of hydrogen-bond acceptors (Lipinski definition) is 5. The summed E-state index contributed by atoms with van der Waals surface area (Å²) in [6.07, 6.45) is 0. The third-order valence-electron chi connectivity index (χ3n) is 4.51. The smallest absolute Gasteiger partial charge is 0.259 e. The fourth-order valence-electron chi connectivity index (χ4n) is 2.69. The lowest BCUT2D eigenvalue weighted by atomic mass is 10.1. The molecule has 0 saturated carbocycles. The molecule has 0 radical (unpaired) electrons. The van der Waals surface area contributed by atoms with Gasteiger partial charge in [-0.15, -0.1) is 23.1 Å². The van der Waals surface area contributed by atoms with Crippen molar-refractivity contribution in [3.8, 4) is 0 Å². The fraction of sp³-hybridized carbons (Fsp3) is 0.350. The van der Waals surface area contributed by atoms with E-state index in [-0.39, 0.29) is 16.7 Å². The number of rotatable bonds is 6. The third kappa shape index (κ3) is 4.59. The highest BCUT2D eigenvalue weighted by atomic mass is 32.2. The van der Waals surface area contributed by atoms with Crippen LogP contribution in [-0.4, -0.2) is 21.1 Å². The molecule has 2 aromatic heterocycles. The van der Waals surface area contributed by atoms with Gasteiger partial charge in [0.2, 0.25) is 5.91 Å². The van der Waals surface area contributed by atoms with Crippen LogP contribution in [0.1, 0.15) is 34.3 Å². The Bertz CT molecular complexity index is 1020. The highest BCUT2D eigenvalue weighted by Gasteiger charge is 2.16. The molecule has 0 aliphatic heterocycles. The van der Waals surface area contributed by atoms with Crippen LogP contribution in [-0.2, 0) is 17.1 Å². The minimum atomic E-state index is -0.233. The predicted octanol–water partition coefficient (Wildman–Crippen LogP) is 3.85. The summed E-state index contributed by atoms with van der Waals surface area (Å²) in [6, 6.07) is 8.10. The van der Waals surface area contributed by atoms with Crippen molar-refractivity contribution in [1.29, 1.82) is 0 Å². The summed E-state index contributed by atoms with van der Waals surface area (Å²) in [4.78, 5) is 33.9. The number of benzene rings is 1. The molecule has 7 heteroatoms. The average molecular weight is 402 g/mol. The molecule has 142 valence electrons. The van der Waals surface area contributed by atoms with Crippen molar-refractivity contribution in [2.24, 2.45) is 0 Å². The van der Waals surface area contributed by atoms with Gasteiger partial charge in [0.25, 0.3) is 5.56 Å². The SMILES string of the molecule is Cc1ccc(CNC(=O)C(C)SCc2nc3sc(C)c(C)c3c(=O)[nH]2)cc1. The summed E-state index contributed by atoms with van der Waals surface area (Å²) < 4.78 is 0. The van der Waals surface area contributed by atoms with Crippen LogP contribution in [0.2, 0.25) is 0 Å². The van der Waals surface area contributed by atoms with Crippen molar-refractivity contribution in [1.82, 2.24) is 15.3 Å². The van der Waals surface area contributed by atoms with E-state index in [0.29, 0.717) is 23.5 Å². The Kier molecular flexibility index (Phi) is 6.01. The number of amides is 1. The molecular formula is C20H23N3O2S2. The Morgan fingerprint density at radius 2 is 1.96 bits per heavy atom. The lowest BCUT2D eigenvalue weighted by Crippen LogP contribution is -2.30. The van der Waals surface area contributed by atoms with E-state index in [1.807, 2.05) is 52.0 Å². The van der Waals surface area contributed by atoms with Crippen molar-refractivity contribution in [3.05, 3.63) is 62.0 Å². The van der Waals surface area contributed by atoms with Gasteiger partial charge in [-0.1, -0.05) is 29.8 Å². The number of aromatic amines is 1. The molecular weight excluding hydrogens is 378 g/mol. The van der Waals surface area contributed by atoms with E-state index in [2.05, 4.69) is 15.3 Å². The van der Waals surface area contributed by atoms with E-state index in [1.54, 1.807) is 0 Å². The Hall–Kier alpha value is -2.12. The standard InChI is InChI=1S/C20H23N3O2S2/c1-11-5-7-15(8-6-11)9-21-18(24)14(4)26-10-16-22-19(25)17-12(2)13(3)27-20(17)23-16/h5-8,14H,9-10H2,1-4H3,(H,21,24)(H,22,23,25). The first-order valence-corrected chi connectivity index (χ1v) is 10.7. The van der Waals surface area contributed by atoms with Gasteiger partial charge in [0.15, 0.2) is 0 Å². The first kappa shape index (κ1) is 19.6. The second-order valence-corrected chi connectivity index (χ2v) is 9.16. The molecule has 3 rings (SSSR count). The second-order valence-electron chi connectivity index (χ2n) is 6.63. The summed E-state index contributed by atoms with van der Waals surface area (Å²) >= 11 is 3.00. The van der Waals surface area contributed by atoms with E-state index < -0.39 is 0 Å². The van der Waals surface area contributed by atoms with Gasteiger partial charge in [-0.3, -0.25) is 9.59 Å². The van der Waals surface area contributed by atoms with Gasteiger partial charge in [-0.05, 0) is 38.8 Å². The van der Waals surface area contributed by atoms with Crippen LogP contribution < -0.4 is 10.9 Å². The lowest BCUT2D eigenvalue weighted by molar-refractivity contribution is -0.120. The number of nitrogens with zero attached hydrogens (tertiary/aromatic N) is 1. The van der Waals surface area contributed by atoms with Gasteiger partial charge in [0.05, 0.1) is 16.4 Å². The third-order valence-corrected chi connectivity index (χ3v) is 6.77. The zero-order chi connectivity index (χ0) is 19.6. The van der Waals surface area contributed by atoms with Gasteiger partial charge >= 0.3 is 0 Å². The summed E-state index contributed by atoms with van der Waals surface area (Å²) in [5.74, 6) is 1.07. The maximum atomic E-state index is 12.3. The highest BCUT2D eigenvalue weighted by Crippen LogP contribution is 2.26. The summed E-state index contributed by atoms with van der Waals surface area (Å²) in [7, 11) is 0. The molecule has 0 bridgehead atoms. The maximum absolute atomic E-state index is 12.3. The average Bonchev–Trinajstić information content (AvgIpc) is 2.93. The van der Waals surface area contributed by atoms with Crippen LogP contribution in [0.15, 0.2) is 29.1 Å². The first-order chi connectivity index (χ1) is 12.8. The predicted molar refractivity (Wildman–Crippen MR) is 113 cm³/mol. The largest absolute Gasteiger partial charge is 0.351 e. The highest BCUT2D eigenvalue weighted by molar-refractivity contribution is 7.99. The molecule has 1 aromatic carbocycles. The molecule has 1 amide bonds. The molecule has 5 nitrogen and oxygen atoms in total. The number of hydrogen-bond donors (Lipinski definition) is 2. The summed E-state index contributed by atoms with van der Waals surface area (Å²) in [5.41, 5.74) is 3.16. The van der Waals surface area contributed by atoms with E-state index in [0.717, 1.165) is 20.8 Å². The molecule has 0 aliphatic carbocycles. The lowest BCUT2D eigenvalue weighted by Gasteiger charge is -2.12. The van der Waals surface area contributed by atoms with Gasteiger partial charge < -0.3 is 10.3 Å². The van der Waals surface area contributed by atoms with Crippen molar-refractivity contribution in [3.63, 3.8) is 0 Å². The van der Waals surface area contributed by atoms with Crippen LogP contribution in [0.25, 0.3) is 10.2 Å². The van der Waals surface area contributed by atoms with Crippen LogP contribution in [0.3, 0.4) is 0 Å². The van der Waals surface area contributed by atoms with Crippen molar-refractivity contribution >= 4 is 39.2 Å². The monoisotopic (exact) mass is 401 g/mol. The van der Waals surface area contributed by atoms with E-state index in [1.165, 1.54) is 28.7 Å². The van der Waals surface area contributed by atoms with Crippen LogP contribution in [0.5, 0.6) is 0 Å². The molecule has 1 unspecified atom stereocenters. The molecule has 0 fully saturated rings. The normalized spacial score (nSPS) is 12.3. The molecule has 27 heavy (non-hydrogen) atoms. The van der Waals surface area contributed by atoms with Crippen LogP contribution >= 0.6 is 23.1 Å². The molecule has 0 spiro atoms. The van der Waals surface area contributed by atoms with Crippen LogP contribution in [0, 0.1) is 20.8 Å². The Morgan fingerprint density at radius 3 is 2.67 bits per heavy atom. The van der Waals surface area contributed by atoms with Gasteiger partial charge in [0.1, 0.15) is 10.7 Å². The van der Waals surface area contributed by atoms with E-state index in [4.69, 9.17) is 0 Å². The minimum absolute atomic E-state index is 0.0215. The number of carbonyl (C=O) groups excluding carboxylic acids is 1. The number of carbonyl (C=O) groups is 1. The first-order valence-electron chi connectivity index (χ1n) is 8.79. The number of fused-ring (bicyclic) bond motifs is 1. The van der Waals surface area contributed by atoms with Gasteiger partial charge in [0, 0.05) is 11.4 Å². The zero-order valence-corrected chi connectivity index (χ0v) is 17.5. The quantitative estimate of drug-likeness (QED) is 0.658. The number of thiophene rings is 1. The van der Waals surface area contributed by atoms with E-state index >= 15 is 0 Å². The number of aryl methyl sites for hydroxylation is 3. The van der Waals surface area contributed by atoms with Crippen molar-refractivity contribution in [2.75, 3.05) is 0 Å². The number of thioether (sulfide) groups is 1. The van der Waals surface area contributed by atoms with E-state index in [9.17, 15) is 9.59 Å².